The Balaban J connectivity index is 1.71. The summed E-state index contributed by atoms with van der Waals surface area (Å²) in [5, 5.41) is 9.42. The van der Waals surface area contributed by atoms with Gasteiger partial charge in [0.15, 0.2) is 23.0 Å². The predicted molar refractivity (Wildman–Crippen MR) is 120 cm³/mol. The summed E-state index contributed by atoms with van der Waals surface area (Å²) in [4.78, 5) is 22.2. The number of alkyl halides is 1. The van der Waals surface area contributed by atoms with E-state index in [-0.39, 0.29) is 12.4 Å². The Morgan fingerprint density at radius 1 is 0.970 bits per heavy atom. The van der Waals surface area contributed by atoms with E-state index in [9.17, 15) is 9.50 Å². The van der Waals surface area contributed by atoms with Gasteiger partial charge in [-0.15, -0.1) is 0 Å². The number of imidazole rings is 1. The molecule has 0 aliphatic heterocycles. The summed E-state index contributed by atoms with van der Waals surface area (Å²) in [7, 11) is 0. The summed E-state index contributed by atoms with van der Waals surface area (Å²) in [6.07, 6.45) is 4.40. The fraction of sp³-hybridized carbons (Fsp3) is 0.0870. The van der Waals surface area contributed by atoms with Crippen LogP contribution in [0.3, 0.4) is 0 Å². The van der Waals surface area contributed by atoms with Crippen LogP contribution in [0, 0.1) is 0 Å². The molecular weight excluding hydrogens is 425 g/mol. The molecule has 0 aliphatic carbocycles. The summed E-state index contributed by atoms with van der Waals surface area (Å²) in [5.41, 5.74) is 10.1. The number of rotatable bonds is 6. The fourth-order valence-electron chi connectivity index (χ4n) is 3.45. The lowest BCUT2D eigenvalue weighted by Gasteiger charge is -2.11. The first-order valence-electron chi connectivity index (χ1n) is 9.99. The Bertz CT molecular complexity index is 1420. The number of benzene rings is 1. The van der Waals surface area contributed by atoms with E-state index in [1.165, 1.54) is 12.4 Å². The summed E-state index contributed by atoms with van der Waals surface area (Å²) < 4.78 is 19.0. The van der Waals surface area contributed by atoms with Crippen LogP contribution in [0.15, 0.2) is 67.1 Å². The molecule has 1 aromatic carbocycles. The van der Waals surface area contributed by atoms with Crippen LogP contribution in [-0.2, 0) is 6.61 Å². The van der Waals surface area contributed by atoms with Crippen LogP contribution in [0.4, 0.5) is 10.2 Å². The van der Waals surface area contributed by atoms with Crippen LogP contribution in [0.25, 0.3) is 39.8 Å². The second-order valence-electron chi connectivity index (χ2n) is 7.07. The molecule has 0 radical (unpaired) electrons. The number of hydrogen-bond donors (Lipinski definition) is 2. The van der Waals surface area contributed by atoms with E-state index < -0.39 is 6.86 Å². The molecule has 0 saturated carbocycles. The maximum absolute atomic E-state index is 12.4. The number of halogens is 1. The molecule has 5 aromatic rings. The van der Waals surface area contributed by atoms with Gasteiger partial charge in [-0.3, -0.25) is 4.57 Å². The van der Waals surface area contributed by atoms with Crippen molar-refractivity contribution in [2.75, 3.05) is 12.6 Å². The van der Waals surface area contributed by atoms with Crippen molar-refractivity contribution in [3.63, 3.8) is 0 Å². The lowest BCUT2D eigenvalue weighted by molar-refractivity contribution is 0.190. The van der Waals surface area contributed by atoms with Crippen LogP contribution in [0.2, 0.25) is 0 Å². The maximum atomic E-state index is 12.4. The molecule has 4 aromatic heterocycles. The average Bonchev–Trinajstić information content (AvgIpc) is 3.23. The number of aromatic nitrogens is 6. The Morgan fingerprint density at radius 2 is 1.76 bits per heavy atom. The molecule has 3 N–H and O–H groups in total. The molecule has 164 valence electrons. The van der Waals surface area contributed by atoms with Gasteiger partial charge in [-0.25, -0.2) is 29.3 Å². The number of fused-ring (bicyclic) bond motifs is 1. The monoisotopic (exact) mass is 443 g/mol. The summed E-state index contributed by atoms with van der Waals surface area (Å²) >= 11 is 0. The molecule has 4 heterocycles. The van der Waals surface area contributed by atoms with E-state index in [0.29, 0.717) is 39.9 Å². The smallest absolute Gasteiger partial charge is 0.228 e. The topological polar surface area (TPSA) is 125 Å². The van der Waals surface area contributed by atoms with Crippen molar-refractivity contribution in [2.24, 2.45) is 0 Å². The molecule has 0 amide bonds. The molecular formula is C23H18FN7O2. The quantitative estimate of drug-likeness (QED) is 0.409. The second-order valence-corrected chi connectivity index (χ2v) is 7.07. The average molecular weight is 443 g/mol. The zero-order valence-corrected chi connectivity index (χ0v) is 17.3. The van der Waals surface area contributed by atoms with Gasteiger partial charge >= 0.3 is 0 Å². The Hall–Kier alpha value is -4.44. The zero-order valence-electron chi connectivity index (χ0n) is 17.3. The number of nitrogen functional groups attached to an aromatic ring is 1. The number of aliphatic hydroxyl groups is 1. The third kappa shape index (κ3) is 3.83. The van der Waals surface area contributed by atoms with Crippen molar-refractivity contribution in [2.45, 2.75) is 6.61 Å². The highest BCUT2D eigenvalue weighted by Crippen LogP contribution is 2.31. The molecule has 0 saturated heterocycles. The lowest BCUT2D eigenvalue weighted by Crippen LogP contribution is -2.02. The Kier molecular flexibility index (Phi) is 5.33. The molecule has 0 bridgehead atoms. The standard InChI is InChI=1S/C23H18FN7O2/c24-13-33-16-10-27-21(28-11-16)18-7-8-19-23(29-18)31(15-5-3-14(12-32)4-6-15)22(30-19)17-2-1-9-26-20(17)25/h1-11,32H,12-13H2,(H2,25,26). The van der Waals surface area contributed by atoms with Gasteiger partial charge in [0, 0.05) is 11.9 Å². The first kappa shape index (κ1) is 20.5. The van der Waals surface area contributed by atoms with Crippen LogP contribution < -0.4 is 10.5 Å². The first-order chi connectivity index (χ1) is 16.2. The highest BCUT2D eigenvalue weighted by Gasteiger charge is 2.19. The van der Waals surface area contributed by atoms with Crippen molar-refractivity contribution in [1.82, 2.24) is 29.5 Å². The van der Waals surface area contributed by atoms with E-state index in [1.807, 2.05) is 41.0 Å². The number of ether oxygens (including phenoxy) is 1. The van der Waals surface area contributed by atoms with Crippen molar-refractivity contribution < 1.29 is 14.2 Å². The highest BCUT2D eigenvalue weighted by molar-refractivity contribution is 5.84. The first-order valence-corrected chi connectivity index (χ1v) is 9.99. The molecule has 0 atom stereocenters. The molecule has 0 aliphatic rings. The number of hydrogen-bond acceptors (Lipinski definition) is 8. The van der Waals surface area contributed by atoms with Crippen molar-refractivity contribution in [1.29, 1.82) is 0 Å². The van der Waals surface area contributed by atoms with Crippen molar-refractivity contribution >= 4 is 17.0 Å². The van der Waals surface area contributed by atoms with Crippen LogP contribution in [-0.4, -0.2) is 41.5 Å². The summed E-state index contributed by atoms with van der Waals surface area (Å²) in [6.45, 7) is -1.02. The van der Waals surface area contributed by atoms with Gasteiger partial charge in [-0.05, 0) is 42.0 Å². The fourth-order valence-corrected chi connectivity index (χ4v) is 3.45. The van der Waals surface area contributed by atoms with Crippen LogP contribution in [0.1, 0.15) is 5.56 Å². The minimum atomic E-state index is -0.957. The number of aliphatic hydroxyl groups excluding tert-OH is 1. The number of pyridine rings is 2. The molecule has 0 spiro atoms. The van der Waals surface area contributed by atoms with Crippen molar-refractivity contribution in [3.05, 3.63) is 72.7 Å². The van der Waals surface area contributed by atoms with Gasteiger partial charge in [-0.1, -0.05) is 12.1 Å². The maximum Gasteiger partial charge on any atom is 0.228 e. The summed E-state index contributed by atoms with van der Waals surface area (Å²) in [6, 6.07) is 14.6. The predicted octanol–water partition coefficient (Wildman–Crippen LogP) is 3.32. The SMILES string of the molecule is Nc1ncccc1-c1nc2ccc(-c3ncc(OCF)cn3)nc2n1-c1ccc(CO)cc1. The molecule has 5 rings (SSSR count). The van der Waals surface area contributed by atoms with Gasteiger partial charge in [0.1, 0.15) is 17.0 Å². The number of nitrogens with zero attached hydrogens (tertiary/aromatic N) is 6. The number of nitrogens with two attached hydrogens (primary N) is 1. The normalized spacial score (nSPS) is 11.1. The van der Waals surface area contributed by atoms with Gasteiger partial charge in [0.25, 0.3) is 0 Å². The third-order valence-corrected chi connectivity index (χ3v) is 5.04. The Morgan fingerprint density at radius 3 is 2.45 bits per heavy atom. The van der Waals surface area contributed by atoms with Gasteiger partial charge < -0.3 is 15.6 Å². The van der Waals surface area contributed by atoms with Gasteiger partial charge in [0.05, 0.1) is 24.6 Å². The molecule has 33 heavy (non-hydrogen) atoms. The van der Waals surface area contributed by atoms with E-state index in [2.05, 4.69) is 15.0 Å². The van der Waals surface area contributed by atoms with Crippen LogP contribution >= 0.6 is 0 Å². The Labute approximate surface area is 187 Å². The van der Waals surface area contributed by atoms with Gasteiger partial charge in [0.2, 0.25) is 6.86 Å². The zero-order chi connectivity index (χ0) is 22.8. The third-order valence-electron chi connectivity index (χ3n) is 5.04. The van der Waals surface area contributed by atoms with E-state index in [4.69, 9.17) is 20.4 Å². The minimum Gasteiger partial charge on any atom is -0.460 e. The minimum absolute atomic E-state index is 0.0603. The van der Waals surface area contributed by atoms with Crippen LogP contribution in [0.5, 0.6) is 5.75 Å². The van der Waals surface area contributed by atoms with E-state index >= 15 is 0 Å². The lowest BCUT2D eigenvalue weighted by atomic mass is 10.2. The highest BCUT2D eigenvalue weighted by atomic mass is 19.1. The molecule has 0 fully saturated rings. The molecule has 10 heteroatoms. The van der Waals surface area contributed by atoms with E-state index in [1.54, 1.807) is 18.3 Å². The second kappa shape index (κ2) is 8.60. The molecule has 0 unspecified atom stereocenters. The summed E-state index contributed by atoms with van der Waals surface area (Å²) in [5.74, 6) is 1.50. The van der Waals surface area contributed by atoms with Gasteiger partial charge in [-0.2, -0.15) is 0 Å². The molecule has 9 nitrogen and oxygen atoms in total. The van der Waals surface area contributed by atoms with Crippen molar-refractivity contribution in [3.8, 4) is 34.3 Å². The largest absolute Gasteiger partial charge is 0.460 e. The number of anilines is 1. The van der Waals surface area contributed by atoms with E-state index in [0.717, 1.165) is 11.3 Å².